The first-order chi connectivity index (χ1) is 23.0. The van der Waals surface area contributed by atoms with E-state index >= 15 is 4.39 Å². The minimum atomic E-state index is -0.911. The summed E-state index contributed by atoms with van der Waals surface area (Å²) in [5.41, 5.74) is -0.464. The van der Waals surface area contributed by atoms with Gasteiger partial charge in [0.25, 0.3) is 0 Å². The second-order valence-electron chi connectivity index (χ2n) is 14.6. The van der Waals surface area contributed by atoms with E-state index in [9.17, 15) is 9.18 Å². The van der Waals surface area contributed by atoms with Crippen molar-refractivity contribution in [2.75, 3.05) is 37.7 Å². The van der Waals surface area contributed by atoms with E-state index in [2.05, 4.69) is 24.8 Å². The molecule has 4 atom stereocenters. The Morgan fingerprint density at radius 3 is 2.67 bits per heavy atom. The molecule has 7 heterocycles. The predicted octanol–water partition coefficient (Wildman–Crippen LogP) is 6.58. The lowest BCUT2D eigenvalue weighted by Gasteiger charge is -2.42. The van der Waals surface area contributed by atoms with E-state index in [-0.39, 0.29) is 42.0 Å². The van der Waals surface area contributed by atoms with E-state index in [1.165, 1.54) is 0 Å². The lowest BCUT2D eigenvalue weighted by molar-refractivity contribution is 0.0122. The number of carbonyl (C=O) groups is 1. The van der Waals surface area contributed by atoms with Gasteiger partial charge in [-0.05, 0) is 59.1 Å². The molecule has 0 N–H and O–H groups in total. The van der Waals surface area contributed by atoms with Crippen LogP contribution >= 0.6 is 11.6 Å². The summed E-state index contributed by atoms with van der Waals surface area (Å²) < 4.78 is 43.4. The zero-order valence-electron chi connectivity index (χ0n) is 27.3. The molecule has 0 radical (unpaired) electrons. The molecule has 8 rings (SSSR count). The first-order valence-electron chi connectivity index (χ1n) is 16.7. The number of rotatable bonds is 5. The number of pyridine rings is 2. The van der Waals surface area contributed by atoms with E-state index < -0.39 is 23.1 Å². The predicted molar refractivity (Wildman–Crippen MR) is 179 cm³/mol. The standard InChI is InChI=1S/C35H38ClF2N7O3/c1-34(2,3)48-33(46)45-22-8-9-23(45)18-43(17-22)31-25-15-40-29(24-14-39-13-20-6-4-7-26(36)27(20)24)28(38)30(25)41-32(42-31)47-19-35-10-5-11-44(35)16-21(37)12-35/h4,6-7,13-15,21-23H,5,8-12,16-19H2,1-3H3. The molecule has 1 amide bonds. The van der Waals surface area contributed by atoms with Gasteiger partial charge >= 0.3 is 12.1 Å². The van der Waals surface area contributed by atoms with E-state index in [0.717, 1.165) is 37.6 Å². The minimum Gasteiger partial charge on any atom is -0.461 e. The highest BCUT2D eigenvalue weighted by Gasteiger charge is 2.50. The molecular formula is C35H38ClF2N7O3. The van der Waals surface area contributed by atoms with Crippen LogP contribution < -0.4 is 9.64 Å². The number of hydrogen-bond acceptors (Lipinski definition) is 9. The van der Waals surface area contributed by atoms with Gasteiger partial charge in [0.05, 0.1) is 23.0 Å². The van der Waals surface area contributed by atoms with Crippen LogP contribution in [0, 0.1) is 5.82 Å². The molecule has 13 heteroatoms. The number of halogens is 3. The number of fused-ring (bicyclic) bond motifs is 5. The zero-order valence-corrected chi connectivity index (χ0v) is 28.0. The van der Waals surface area contributed by atoms with E-state index in [4.69, 9.17) is 26.1 Å². The first kappa shape index (κ1) is 31.4. The van der Waals surface area contributed by atoms with Crippen LogP contribution in [0.3, 0.4) is 0 Å². The normalized spacial score (nSPS) is 25.7. The number of carbonyl (C=O) groups excluding carboxylic acids is 1. The molecule has 4 saturated heterocycles. The molecule has 252 valence electrons. The number of piperazine rings is 1. The topological polar surface area (TPSA) is 96.8 Å². The largest absolute Gasteiger partial charge is 0.461 e. The van der Waals surface area contributed by atoms with Crippen LogP contribution in [0.1, 0.15) is 52.9 Å². The first-order valence-corrected chi connectivity index (χ1v) is 17.0. The maximum absolute atomic E-state index is 16.8. The third-order valence-electron chi connectivity index (χ3n) is 10.2. The lowest BCUT2D eigenvalue weighted by Crippen LogP contribution is -2.57. The Balaban J connectivity index is 1.20. The van der Waals surface area contributed by atoms with Crippen molar-refractivity contribution in [1.82, 2.24) is 29.7 Å². The molecule has 10 nitrogen and oxygen atoms in total. The summed E-state index contributed by atoms with van der Waals surface area (Å²) in [5, 5.41) is 2.29. The smallest absolute Gasteiger partial charge is 0.410 e. The van der Waals surface area contributed by atoms with Gasteiger partial charge in [0.2, 0.25) is 0 Å². The summed E-state index contributed by atoms with van der Waals surface area (Å²) in [6.45, 7) is 7.97. The van der Waals surface area contributed by atoms with Crippen molar-refractivity contribution in [1.29, 1.82) is 0 Å². The van der Waals surface area contributed by atoms with Gasteiger partial charge in [-0.25, -0.2) is 13.6 Å². The fourth-order valence-electron chi connectivity index (χ4n) is 8.22. The van der Waals surface area contributed by atoms with Crippen molar-refractivity contribution in [3.05, 3.63) is 47.6 Å². The second-order valence-corrected chi connectivity index (χ2v) is 15.0. The Morgan fingerprint density at radius 1 is 1.10 bits per heavy atom. The molecule has 2 bridgehead atoms. The van der Waals surface area contributed by atoms with E-state index in [1.807, 2.05) is 37.8 Å². The minimum absolute atomic E-state index is 0.0214. The van der Waals surface area contributed by atoms with Crippen LogP contribution in [0.4, 0.5) is 19.4 Å². The maximum Gasteiger partial charge on any atom is 0.410 e. The summed E-state index contributed by atoms with van der Waals surface area (Å²) in [5.74, 6) is -0.158. The number of amides is 1. The number of hydrogen-bond donors (Lipinski definition) is 0. The van der Waals surface area contributed by atoms with Gasteiger partial charge in [0, 0.05) is 66.0 Å². The SMILES string of the molecule is CC(C)(C)OC(=O)N1C2CCC1CN(c1nc(OCC34CCCN3CC(F)C4)nc3c(F)c(-c4cncc5cccc(Cl)c45)ncc13)C2. The van der Waals surface area contributed by atoms with Gasteiger partial charge in [-0.1, -0.05) is 23.7 Å². The average Bonchev–Trinajstić information content (AvgIpc) is 3.66. The van der Waals surface area contributed by atoms with Gasteiger partial charge in [-0.3, -0.25) is 19.8 Å². The number of alkyl halides is 1. The Labute approximate surface area is 282 Å². The van der Waals surface area contributed by atoms with Crippen molar-refractivity contribution in [3.63, 3.8) is 0 Å². The molecule has 0 saturated carbocycles. The average molecular weight is 678 g/mol. The Kier molecular flexibility index (Phi) is 7.59. The van der Waals surface area contributed by atoms with Gasteiger partial charge in [-0.2, -0.15) is 9.97 Å². The third kappa shape index (κ3) is 5.37. The van der Waals surface area contributed by atoms with Gasteiger partial charge in [-0.15, -0.1) is 0 Å². The van der Waals surface area contributed by atoms with Crippen LogP contribution in [-0.2, 0) is 4.74 Å². The number of anilines is 1. The van der Waals surface area contributed by atoms with Crippen LogP contribution in [0.25, 0.3) is 32.9 Å². The Hall–Kier alpha value is -3.90. The van der Waals surface area contributed by atoms with Crippen molar-refractivity contribution >= 4 is 45.2 Å². The van der Waals surface area contributed by atoms with Crippen LogP contribution in [-0.4, -0.2) is 98.0 Å². The van der Waals surface area contributed by atoms with Crippen LogP contribution in [0.5, 0.6) is 6.01 Å². The molecule has 0 aliphatic carbocycles. The highest BCUT2D eigenvalue weighted by molar-refractivity contribution is 6.36. The molecule has 4 aromatic rings. The Bertz CT molecular complexity index is 1910. The maximum atomic E-state index is 16.8. The molecule has 3 aromatic heterocycles. The molecular weight excluding hydrogens is 640 g/mol. The van der Waals surface area contributed by atoms with Gasteiger partial charge in [0.15, 0.2) is 5.82 Å². The summed E-state index contributed by atoms with van der Waals surface area (Å²) >= 11 is 6.60. The van der Waals surface area contributed by atoms with Gasteiger partial charge < -0.3 is 14.4 Å². The third-order valence-corrected chi connectivity index (χ3v) is 10.6. The van der Waals surface area contributed by atoms with E-state index in [1.54, 1.807) is 24.7 Å². The summed E-state index contributed by atoms with van der Waals surface area (Å²) in [7, 11) is 0. The molecule has 0 spiro atoms. The fraction of sp³-hybridized carbons (Fsp3) is 0.514. The number of ether oxygens (including phenoxy) is 2. The zero-order chi connectivity index (χ0) is 33.4. The summed E-state index contributed by atoms with van der Waals surface area (Å²) in [4.78, 5) is 37.7. The molecule has 4 unspecified atom stereocenters. The molecule has 4 aliphatic rings. The molecule has 4 aliphatic heterocycles. The highest BCUT2D eigenvalue weighted by Crippen LogP contribution is 2.42. The van der Waals surface area contributed by atoms with Crippen molar-refractivity contribution in [2.45, 2.75) is 82.3 Å². The highest BCUT2D eigenvalue weighted by atomic mass is 35.5. The van der Waals surface area contributed by atoms with Crippen molar-refractivity contribution < 1.29 is 23.0 Å². The number of aromatic nitrogens is 4. The second kappa shape index (κ2) is 11.6. The fourth-order valence-corrected chi connectivity index (χ4v) is 8.50. The number of nitrogens with zero attached hydrogens (tertiary/aromatic N) is 7. The van der Waals surface area contributed by atoms with Crippen molar-refractivity contribution in [2.24, 2.45) is 0 Å². The lowest BCUT2D eigenvalue weighted by atomic mass is 9.95. The molecule has 1 aromatic carbocycles. The monoisotopic (exact) mass is 677 g/mol. The summed E-state index contributed by atoms with van der Waals surface area (Å²) in [6.07, 6.45) is 7.41. The molecule has 48 heavy (non-hydrogen) atoms. The quantitative estimate of drug-likeness (QED) is 0.232. The van der Waals surface area contributed by atoms with Gasteiger partial charge in [0.1, 0.15) is 35.4 Å². The van der Waals surface area contributed by atoms with Crippen LogP contribution in [0.15, 0.2) is 36.8 Å². The Morgan fingerprint density at radius 2 is 1.90 bits per heavy atom. The van der Waals surface area contributed by atoms with Crippen molar-refractivity contribution in [3.8, 4) is 17.3 Å². The summed E-state index contributed by atoms with van der Waals surface area (Å²) in [6, 6.07) is 5.26. The van der Waals surface area contributed by atoms with Crippen LogP contribution in [0.2, 0.25) is 5.02 Å². The number of benzene rings is 1. The molecule has 4 fully saturated rings. The van der Waals surface area contributed by atoms with E-state index in [0.29, 0.717) is 53.2 Å².